The second-order valence-corrected chi connectivity index (χ2v) is 11.6. The molecule has 3 saturated heterocycles. The van der Waals surface area contributed by atoms with E-state index in [9.17, 15) is 0 Å². The molecule has 3 fully saturated rings. The summed E-state index contributed by atoms with van der Waals surface area (Å²) in [7, 11) is 0. The molecule has 0 spiro atoms. The number of rotatable bonds is 7. The monoisotopic (exact) mass is 486 g/mol. The highest BCUT2D eigenvalue weighted by atomic mass is 19.1. The van der Waals surface area contributed by atoms with Crippen molar-refractivity contribution in [2.45, 2.75) is 138 Å². The minimum atomic E-state index is -1.47. The smallest absolute Gasteiger partial charge is 0.225 e. The van der Waals surface area contributed by atoms with Crippen molar-refractivity contribution >= 4 is 0 Å². The Labute approximate surface area is 207 Å². The highest BCUT2D eigenvalue weighted by Crippen LogP contribution is 2.42. The Balaban J connectivity index is 1.82. The van der Waals surface area contributed by atoms with Gasteiger partial charge < -0.3 is 23.7 Å². The van der Waals surface area contributed by atoms with Crippen molar-refractivity contribution in [1.29, 1.82) is 0 Å². The average molecular weight is 487 g/mol. The standard InChI is InChI=1S/C28H51FO5/c1-11-21-16(6)18(8)24(26(29)30-21)33-28-25(19(9)17(7)23(13-3)32-28)34-27-20(10)14(4)15(5)22(12-2)31-27/h14-28H,11-13H2,1-10H3/t14-,15-,16-,17-,18-,19-,20?,21?,22?,23?,24?,25?,26-,27+,28+/m0/s1. The lowest BCUT2D eigenvalue weighted by molar-refractivity contribution is -0.361. The summed E-state index contributed by atoms with van der Waals surface area (Å²) < 4.78 is 47.0. The molecular weight excluding hydrogens is 435 g/mol. The molecule has 6 unspecified atom stereocenters. The topological polar surface area (TPSA) is 46.2 Å². The van der Waals surface area contributed by atoms with Crippen molar-refractivity contribution in [3.8, 4) is 0 Å². The average Bonchev–Trinajstić information content (AvgIpc) is 2.83. The zero-order valence-electron chi connectivity index (χ0n) is 23.2. The number of alkyl halides is 1. The third-order valence-corrected chi connectivity index (χ3v) is 9.78. The van der Waals surface area contributed by atoms with E-state index < -0.39 is 18.8 Å². The maximum Gasteiger partial charge on any atom is 0.225 e. The third-order valence-electron chi connectivity index (χ3n) is 9.78. The van der Waals surface area contributed by atoms with Crippen molar-refractivity contribution in [2.75, 3.05) is 0 Å². The van der Waals surface area contributed by atoms with Crippen LogP contribution in [0.1, 0.15) is 88.5 Å². The largest absolute Gasteiger partial charge is 0.349 e. The lowest BCUT2D eigenvalue weighted by Gasteiger charge is -2.50. The van der Waals surface area contributed by atoms with Crippen LogP contribution in [0.2, 0.25) is 0 Å². The van der Waals surface area contributed by atoms with Gasteiger partial charge >= 0.3 is 0 Å². The second-order valence-electron chi connectivity index (χ2n) is 11.6. The predicted molar refractivity (Wildman–Crippen MR) is 132 cm³/mol. The van der Waals surface area contributed by atoms with Gasteiger partial charge in [-0.1, -0.05) is 69.2 Å². The fraction of sp³-hybridized carbons (Fsp3) is 1.00. The quantitative estimate of drug-likeness (QED) is 0.406. The molecule has 5 nitrogen and oxygen atoms in total. The maximum absolute atomic E-state index is 15.2. The van der Waals surface area contributed by atoms with E-state index in [0.717, 1.165) is 19.3 Å². The molecule has 3 heterocycles. The minimum Gasteiger partial charge on any atom is -0.349 e. The van der Waals surface area contributed by atoms with Crippen LogP contribution < -0.4 is 0 Å². The molecule has 6 heteroatoms. The van der Waals surface area contributed by atoms with Gasteiger partial charge in [-0.15, -0.1) is 0 Å². The van der Waals surface area contributed by atoms with Crippen molar-refractivity contribution in [2.24, 2.45) is 41.4 Å². The van der Waals surface area contributed by atoms with Gasteiger partial charge in [-0.25, -0.2) is 4.39 Å². The molecule has 0 aromatic rings. The molecule has 0 amide bonds. The molecule has 0 radical (unpaired) electrons. The van der Waals surface area contributed by atoms with Gasteiger partial charge in [0.2, 0.25) is 6.36 Å². The van der Waals surface area contributed by atoms with E-state index in [1.165, 1.54) is 0 Å². The van der Waals surface area contributed by atoms with E-state index in [4.69, 9.17) is 23.7 Å². The summed E-state index contributed by atoms with van der Waals surface area (Å²) in [6.07, 6.45) is -0.692. The zero-order chi connectivity index (χ0) is 25.3. The molecular formula is C28H51FO5. The van der Waals surface area contributed by atoms with E-state index in [2.05, 4.69) is 62.3 Å². The van der Waals surface area contributed by atoms with Crippen molar-refractivity contribution < 1.29 is 28.1 Å². The van der Waals surface area contributed by atoms with Crippen molar-refractivity contribution in [3.63, 3.8) is 0 Å². The summed E-state index contributed by atoms with van der Waals surface area (Å²) in [5.74, 6) is 1.93. The molecule has 3 aliphatic rings. The van der Waals surface area contributed by atoms with E-state index in [0.29, 0.717) is 17.8 Å². The molecule has 3 rings (SSSR count). The van der Waals surface area contributed by atoms with Crippen LogP contribution in [-0.4, -0.2) is 49.5 Å². The van der Waals surface area contributed by atoms with Gasteiger partial charge in [-0.2, -0.15) is 0 Å². The third kappa shape index (κ3) is 5.51. The zero-order valence-corrected chi connectivity index (χ0v) is 23.2. The van der Waals surface area contributed by atoms with E-state index in [1.807, 2.05) is 6.92 Å². The molecule has 15 atom stereocenters. The molecule has 0 N–H and O–H groups in total. The second kappa shape index (κ2) is 11.9. The van der Waals surface area contributed by atoms with Gasteiger partial charge in [0.25, 0.3) is 0 Å². The lowest BCUT2D eigenvalue weighted by Crippen LogP contribution is -2.58. The number of halogens is 1. The number of hydrogen-bond donors (Lipinski definition) is 0. The number of hydrogen-bond acceptors (Lipinski definition) is 5. The normalized spacial score (nSPS) is 52.5. The lowest BCUT2D eigenvalue weighted by atomic mass is 9.78. The Morgan fingerprint density at radius 2 is 0.912 bits per heavy atom. The van der Waals surface area contributed by atoms with Gasteiger partial charge in [0.15, 0.2) is 12.6 Å². The van der Waals surface area contributed by atoms with Crippen LogP contribution >= 0.6 is 0 Å². The van der Waals surface area contributed by atoms with Crippen LogP contribution in [0.5, 0.6) is 0 Å². The van der Waals surface area contributed by atoms with E-state index >= 15 is 4.39 Å². The van der Waals surface area contributed by atoms with Crippen molar-refractivity contribution in [1.82, 2.24) is 0 Å². The molecule has 200 valence electrons. The molecule has 0 aromatic carbocycles. The molecule has 0 aliphatic carbocycles. The maximum atomic E-state index is 15.2. The summed E-state index contributed by atoms with van der Waals surface area (Å²) in [5, 5.41) is 0. The fourth-order valence-electron chi connectivity index (χ4n) is 6.34. The summed E-state index contributed by atoms with van der Waals surface area (Å²) in [4.78, 5) is 0. The highest BCUT2D eigenvalue weighted by molar-refractivity contribution is 4.91. The van der Waals surface area contributed by atoms with Gasteiger partial charge in [0.05, 0.1) is 18.3 Å². The van der Waals surface area contributed by atoms with E-state index in [-0.39, 0.29) is 54.4 Å². The van der Waals surface area contributed by atoms with Crippen LogP contribution in [0, 0.1) is 41.4 Å². The molecule has 0 bridgehead atoms. The molecule has 34 heavy (non-hydrogen) atoms. The predicted octanol–water partition coefficient (Wildman–Crippen LogP) is 6.58. The summed E-state index contributed by atoms with van der Waals surface area (Å²) in [6.45, 7) is 21.7. The van der Waals surface area contributed by atoms with Gasteiger partial charge in [0.1, 0.15) is 12.2 Å². The minimum absolute atomic E-state index is 0.0166. The van der Waals surface area contributed by atoms with E-state index in [1.54, 1.807) is 0 Å². The SMILES string of the molecule is CCC1O[C@H](OC2[C@@H](OC3[C@@H](C)[C@H](C)C(CC)O[C@@H]3F)OC(CC)[C@@H](C)[C@@H]2C)C(C)[C@@H](C)[C@@H]1C. The highest BCUT2D eigenvalue weighted by Gasteiger charge is 2.50. The van der Waals surface area contributed by atoms with Gasteiger partial charge in [-0.3, -0.25) is 0 Å². The van der Waals surface area contributed by atoms with Crippen LogP contribution in [0.4, 0.5) is 4.39 Å². The number of ether oxygens (including phenoxy) is 5. The Bertz CT molecular complexity index is 632. The fourth-order valence-corrected chi connectivity index (χ4v) is 6.34. The van der Waals surface area contributed by atoms with Gasteiger partial charge in [-0.05, 0) is 54.8 Å². The Morgan fingerprint density at radius 1 is 0.500 bits per heavy atom. The first-order valence-corrected chi connectivity index (χ1v) is 14.0. The van der Waals surface area contributed by atoms with Gasteiger partial charge in [0, 0.05) is 5.92 Å². The Kier molecular flexibility index (Phi) is 9.87. The van der Waals surface area contributed by atoms with Crippen LogP contribution in [0.15, 0.2) is 0 Å². The summed E-state index contributed by atoms with van der Waals surface area (Å²) in [6, 6.07) is 0. The molecule has 3 aliphatic heterocycles. The first-order valence-electron chi connectivity index (χ1n) is 14.0. The van der Waals surface area contributed by atoms with Crippen LogP contribution in [0.25, 0.3) is 0 Å². The Hall–Kier alpha value is -0.270. The summed E-state index contributed by atoms with van der Waals surface area (Å²) in [5.41, 5.74) is 0. The molecule has 0 saturated carbocycles. The van der Waals surface area contributed by atoms with Crippen LogP contribution in [-0.2, 0) is 23.7 Å². The first kappa shape index (κ1) is 28.3. The summed E-state index contributed by atoms with van der Waals surface area (Å²) >= 11 is 0. The van der Waals surface area contributed by atoms with Crippen molar-refractivity contribution in [3.05, 3.63) is 0 Å². The first-order chi connectivity index (χ1) is 16.0. The Morgan fingerprint density at radius 3 is 1.44 bits per heavy atom. The molecule has 0 aromatic heterocycles. The van der Waals surface area contributed by atoms with Crippen LogP contribution in [0.3, 0.4) is 0 Å².